The minimum atomic E-state index is -0.0571. The Morgan fingerprint density at radius 1 is 0.786 bits per heavy atom. The first kappa shape index (κ1) is 28.0. The fourth-order valence-corrected chi connectivity index (χ4v) is 7.15. The quantitative estimate of drug-likeness (QED) is 0.277. The molecule has 3 nitrogen and oxygen atoms in total. The van der Waals surface area contributed by atoms with Gasteiger partial charge in [0.05, 0.1) is 11.1 Å². The molecule has 0 saturated carbocycles. The number of allylic oxidation sites excluding steroid dienone is 10. The van der Waals surface area contributed by atoms with Crippen molar-refractivity contribution in [1.29, 1.82) is 0 Å². The standard InChI is InChI=1S/C39H44N3/c1-9-41-33-19-13-27(3)25-31(33)38(5,6)35(41)21-17-29-15-16-30(37(29)40-23-11-12-24-40)18-22-36-39(7,8)32-26-28(4)14-20-34(32)42(36)10-2/h11-26H,9-10H2,1-8H3/q+1. The van der Waals surface area contributed by atoms with Gasteiger partial charge in [-0.25, -0.2) is 0 Å². The molecule has 214 valence electrons. The number of hydrogen-bond donors (Lipinski definition) is 0. The second-order valence-corrected chi connectivity index (χ2v) is 12.9. The predicted molar refractivity (Wildman–Crippen MR) is 179 cm³/mol. The highest BCUT2D eigenvalue weighted by Gasteiger charge is 2.44. The van der Waals surface area contributed by atoms with E-state index >= 15 is 0 Å². The Balaban J connectivity index is 1.42. The van der Waals surface area contributed by atoms with E-state index in [1.165, 1.54) is 61.9 Å². The monoisotopic (exact) mass is 554 g/mol. The van der Waals surface area contributed by atoms with Crippen LogP contribution in [-0.2, 0) is 10.8 Å². The third-order valence-corrected chi connectivity index (χ3v) is 9.42. The van der Waals surface area contributed by atoms with Crippen molar-refractivity contribution in [2.45, 2.75) is 66.2 Å². The van der Waals surface area contributed by atoms with Crippen molar-refractivity contribution < 1.29 is 4.58 Å². The molecule has 0 radical (unpaired) electrons. The molecule has 0 unspecified atom stereocenters. The Labute approximate surface area is 252 Å². The molecule has 3 heteroatoms. The second kappa shape index (κ2) is 10.3. The smallest absolute Gasteiger partial charge is 0.209 e. The molecule has 0 saturated heterocycles. The van der Waals surface area contributed by atoms with Crippen molar-refractivity contribution >= 4 is 22.8 Å². The Morgan fingerprint density at radius 3 is 2.17 bits per heavy atom. The van der Waals surface area contributed by atoms with Gasteiger partial charge >= 0.3 is 0 Å². The number of likely N-dealkylation sites (N-methyl/N-ethyl adjacent to an activating group) is 1. The summed E-state index contributed by atoms with van der Waals surface area (Å²) in [6, 6.07) is 18.0. The lowest BCUT2D eigenvalue weighted by Crippen LogP contribution is -2.27. The zero-order chi connectivity index (χ0) is 29.8. The largest absolute Gasteiger partial charge is 0.344 e. The van der Waals surface area contributed by atoms with Crippen LogP contribution in [0.4, 0.5) is 11.4 Å². The lowest BCUT2D eigenvalue weighted by atomic mass is 9.80. The molecule has 3 heterocycles. The summed E-state index contributed by atoms with van der Waals surface area (Å²) < 4.78 is 4.72. The first-order valence-corrected chi connectivity index (χ1v) is 15.4. The van der Waals surface area contributed by atoms with Gasteiger partial charge in [0.2, 0.25) is 5.69 Å². The van der Waals surface area contributed by atoms with Crippen LogP contribution < -0.4 is 4.90 Å². The molecule has 0 fully saturated rings. The summed E-state index contributed by atoms with van der Waals surface area (Å²) in [7, 11) is 0. The number of rotatable bonds is 6. The number of nitrogens with zero attached hydrogens (tertiary/aromatic N) is 3. The lowest BCUT2D eigenvalue weighted by Gasteiger charge is -2.26. The van der Waals surface area contributed by atoms with Crippen molar-refractivity contribution in [3.8, 4) is 0 Å². The van der Waals surface area contributed by atoms with Gasteiger partial charge in [0, 0.05) is 53.4 Å². The van der Waals surface area contributed by atoms with Gasteiger partial charge in [0.15, 0.2) is 5.71 Å². The average Bonchev–Trinajstić information content (AvgIpc) is 3.70. The fourth-order valence-electron chi connectivity index (χ4n) is 7.15. The van der Waals surface area contributed by atoms with Crippen LogP contribution in [0, 0.1) is 13.8 Å². The highest BCUT2D eigenvalue weighted by molar-refractivity contribution is 6.03. The van der Waals surface area contributed by atoms with Crippen LogP contribution in [0.15, 0.2) is 114 Å². The molecule has 0 amide bonds. The predicted octanol–water partition coefficient (Wildman–Crippen LogP) is 9.17. The highest BCUT2D eigenvalue weighted by atomic mass is 15.2. The van der Waals surface area contributed by atoms with E-state index in [0.717, 1.165) is 13.1 Å². The van der Waals surface area contributed by atoms with Crippen molar-refractivity contribution in [2.24, 2.45) is 0 Å². The van der Waals surface area contributed by atoms with Crippen molar-refractivity contribution in [3.05, 3.63) is 136 Å². The molecule has 2 aromatic carbocycles. The number of fused-ring (bicyclic) bond motifs is 2. The zero-order valence-corrected chi connectivity index (χ0v) is 26.5. The second-order valence-electron chi connectivity index (χ2n) is 12.9. The zero-order valence-electron chi connectivity index (χ0n) is 26.5. The normalized spacial score (nSPS) is 20.6. The Morgan fingerprint density at radius 2 is 1.48 bits per heavy atom. The van der Waals surface area contributed by atoms with Crippen LogP contribution in [0.2, 0.25) is 0 Å². The molecule has 0 atom stereocenters. The van der Waals surface area contributed by atoms with Gasteiger partial charge in [0.1, 0.15) is 6.54 Å². The van der Waals surface area contributed by atoms with Crippen molar-refractivity contribution in [2.75, 3.05) is 18.0 Å². The summed E-state index contributed by atoms with van der Waals surface area (Å²) in [4.78, 5) is 2.47. The van der Waals surface area contributed by atoms with Crippen LogP contribution in [0.3, 0.4) is 0 Å². The summed E-state index contributed by atoms with van der Waals surface area (Å²) in [5.41, 5.74) is 14.3. The molecule has 2 aliphatic heterocycles. The minimum absolute atomic E-state index is 0.0571. The van der Waals surface area contributed by atoms with Crippen LogP contribution >= 0.6 is 0 Å². The SMILES string of the molecule is CCN1C(=CC=C2C=CC(C=CC3=[N+](CC)c4ccc(C)cc4C3(C)C)=C2n2cccc2)C(C)(C)c2cc(C)ccc21. The summed E-state index contributed by atoms with van der Waals surface area (Å²) in [6.45, 7) is 20.2. The van der Waals surface area contributed by atoms with Crippen molar-refractivity contribution in [1.82, 2.24) is 4.57 Å². The third kappa shape index (κ3) is 4.38. The maximum atomic E-state index is 2.47. The number of hydrogen-bond acceptors (Lipinski definition) is 1. The Hall–Kier alpha value is -4.11. The summed E-state index contributed by atoms with van der Waals surface area (Å²) >= 11 is 0. The molecule has 0 bridgehead atoms. The molecular weight excluding hydrogens is 510 g/mol. The molecule has 1 aliphatic carbocycles. The van der Waals surface area contributed by atoms with Gasteiger partial charge in [0.25, 0.3) is 0 Å². The van der Waals surface area contributed by atoms with Gasteiger partial charge in [-0.1, -0.05) is 61.4 Å². The van der Waals surface area contributed by atoms with E-state index in [9.17, 15) is 0 Å². The average molecular weight is 555 g/mol. The molecular formula is C39H44N3+. The first-order chi connectivity index (χ1) is 20.1. The van der Waals surface area contributed by atoms with E-state index in [2.05, 4.69) is 167 Å². The van der Waals surface area contributed by atoms with E-state index in [1.54, 1.807) is 0 Å². The number of aryl methyl sites for hydroxylation is 2. The van der Waals surface area contributed by atoms with Gasteiger partial charge in [-0.05, 0) is 94.7 Å². The topological polar surface area (TPSA) is 11.2 Å². The summed E-state index contributed by atoms with van der Waals surface area (Å²) in [5, 5.41) is 0. The summed E-state index contributed by atoms with van der Waals surface area (Å²) in [5.74, 6) is 0. The molecule has 1 aromatic heterocycles. The van der Waals surface area contributed by atoms with Crippen LogP contribution in [0.5, 0.6) is 0 Å². The number of anilines is 1. The maximum absolute atomic E-state index is 2.47. The number of aromatic nitrogens is 1. The Bertz CT molecular complexity index is 1750. The fraction of sp³-hybridized carbons (Fsp3) is 0.308. The molecule has 0 spiro atoms. The van der Waals surface area contributed by atoms with E-state index in [0.29, 0.717) is 0 Å². The lowest BCUT2D eigenvalue weighted by molar-refractivity contribution is -0.433. The van der Waals surface area contributed by atoms with Crippen LogP contribution in [0.25, 0.3) is 5.70 Å². The molecule has 0 N–H and O–H groups in total. The van der Waals surface area contributed by atoms with Crippen molar-refractivity contribution in [3.63, 3.8) is 0 Å². The van der Waals surface area contributed by atoms with Gasteiger partial charge in [-0.3, -0.25) is 0 Å². The first-order valence-electron chi connectivity index (χ1n) is 15.4. The van der Waals surface area contributed by atoms with Gasteiger partial charge < -0.3 is 9.47 Å². The number of benzene rings is 2. The Kier molecular flexibility index (Phi) is 6.88. The molecule has 3 aromatic rings. The summed E-state index contributed by atoms with van der Waals surface area (Å²) in [6.07, 6.45) is 18.2. The molecule has 6 rings (SSSR count). The van der Waals surface area contributed by atoms with Gasteiger partial charge in [-0.2, -0.15) is 4.58 Å². The minimum Gasteiger partial charge on any atom is -0.344 e. The maximum Gasteiger partial charge on any atom is 0.209 e. The van der Waals surface area contributed by atoms with E-state index in [-0.39, 0.29) is 10.8 Å². The van der Waals surface area contributed by atoms with Crippen LogP contribution in [-0.4, -0.2) is 27.9 Å². The third-order valence-electron chi connectivity index (χ3n) is 9.42. The molecule has 3 aliphatic rings. The van der Waals surface area contributed by atoms with Crippen LogP contribution in [0.1, 0.15) is 63.8 Å². The van der Waals surface area contributed by atoms with E-state index in [1.807, 2.05) is 0 Å². The highest BCUT2D eigenvalue weighted by Crippen LogP contribution is 2.48. The van der Waals surface area contributed by atoms with E-state index in [4.69, 9.17) is 0 Å². The van der Waals surface area contributed by atoms with E-state index < -0.39 is 0 Å². The molecule has 42 heavy (non-hydrogen) atoms. The van der Waals surface area contributed by atoms with Gasteiger partial charge in [-0.15, -0.1) is 0 Å².